The van der Waals surface area contributed by atoms with Crippen LogP contribution in [0.4, 0.5) is 34.1 Å². The summed E-state index contributed by atoms with van der Waals surface area (Å²) in [6.07, 6.45) is 0. The summed E-state index contributed by atoms with van der Waals surface area (Å²) < 4.78 is 2.49. The summed E-state index contributed by atoms with van der Waals surface area (Å²) in [4.78, 5) is 5.20. The van der Waals surface area contributed by atoms with E-state index in [2.05, 4.69) is 243 Å². The van der Waals surface area contributed by atoms with Gasteiger partial charge in [-0.2, -0.15) is 0 Å². The van der Waals surface area contributed by atoms with Crippen LogP contribution in [-0.4, -0.2) is 11.3 Å². The lowest BCUT2D eigenvalue weighted by Crippen LogP contribution is -2.61. The van der Waals surface area contributed by atoms with Crippen LogP contribution in [0.25, 0.3) is 27.5 Å². The number of hydrogen-bond donors (Lipinski definition) is 0. The van der Waals surface area contributed by atoms with Crippen LogP contribution in [0.3, 0.4) is 0 Å². The molecule has 2 aliphatic heterocycles. The molecule has 7 aromatic carbocycles. The third-order valence-corrected chi connectivity index (χ3v) is 13.6. The van der Waals surface area contributed by atoms with Crippen molar-refractivity contribution in [3.63, 3.8) is 0 Å². The number of para-hydroxylation sites is 2. The van der Waals surface area contributed by atoms with Gasteiger partial charge in [-0.05, 0) is 121 Å². The highest BCUT2D eigenvalue weighted by Crippen LogP contribution is 2.51. The van der Waals surface area contributed by atoms with Gasteiger partial charge in [0.2, 0.25) is 0 Å². The Morgan fingerprint density at radius 2 is 0.823 bits per heavy atom. The second-order valence-electron chi connectivity index (χ2n) is 22.0. The summed E-state index contributed by atoms with van der Waals surface area (Å²) in [5.74, 6) is 0. The number of nitrogens with zero attached hydrogens (tertiary/aromatic N) is 3. The molecule has 8 aromatic rings. The Morgan fingerprint density at radius 3 is 1.34 bits per heavy atom. The fourth-order valence-corrected chi connectivity index (χ4v) is 10.1. The summed E-state index contributed by atoms with van der Waals surface area (Å²) in [7, 11) is 0. The second kappa shape index (κ2) is 13.8. The van der Waals surface area contributed by atoms with Crippen LogP contribution >= 0.6 is 0 Å². The number of aromatic nitrogens is 1. The highest BCUT2D eigenvalue weighted by atomic mass is 15.2. The zero-order chi connectivity index (χ0) is 43.7. The SMILES string of the molecule is CC(C)(C)c1ccc(N2c3ccc(C(C)(C)C)cc3B3c4cc(C(C)(C)C)ccc4N(c4ccc(C(C)(C)C)cc4)c4c3c2cc2c4c3ccccc3n2-c2ccccc2)cc1. The summed E-state index contributed by atoms with van der Waals surface area (Å²) in [6.45, 7) is 27.9. The van der Waals surface area contributed by atoms with Gasteiger partial charge in [-0.1, -0.05) is 168 Å². The van der Waals surface area contributed by atoms with Crippen LogP contribution in [0.2, 0.25) is 0 Å². The molecule has 0 spiro atoms. The number of rotatable bonds is 3. The molecule has 62 heavy (non-hydrogen) atoms. The lowest BCUT2D eigenvalue weighted by molar-refractivity contribution is 0.590. The van der Waals surface area contributed by atoms with E-state index in [1.807, 2.05) is 0 Å². The maximum atomic E-state index is 2.62. The topological polar surface area (TPSA) is 11.4 Å². The van der Waals surface area contributed by atoms with Crippen molar-refractivity contribution in [1.82, 2.24) is 4.57 Å². The van der Waals surface area contributed by atoms with Crippen LogP contribution in [-0.2, 0) is 21.7 Å². The van der Waals surface area contributed by atoms with Crippen molar-refractivity contribution in [2.75, 3.05) is 9.80 Å². The molecule has 0 atom stereocenters. The minimum Gasteiger partial charge on any atom is -0.311 e. The molecular formula is C58H60BN3. The molecule has 0 bridgehead atoms. The maximum absolute atomic E-state index is 2.62. The van der Waals surface area contributed by atoms with E-state index in [0.717, 1.165) is 5.69 Å². The van der Waals surface area contributed by atoms with E-state index >= 15 is 0 Å². The average Bonchev–Trinajstić information content (AvgIpc) is 3.56. The van der Waals surface area contributed by atoms with E-state index in [4.69, 9.17) is 0 Å². The van der Waals surface area contributed by atoms with Gasteiger partial charge < -0.3 is 14.4 Å². The minimum atomic E-state index is -0.0318. The van der Waals surface area contributed by atoms with Gasteiger partial charge in [0.05, 0.1) is 16.7 Å². The molecule has 0 amide bonds. The molecule has 310 valence electrons. The first kappa shape index (κ1) is 40.1. The number of fused-ring (bicyclic) bond motifs is 8. The molecule has 4 heteroatoms. The first-order valence-corrected chi connectivity index (χ1v) is 22.6. The van der Waals surface area contributed by atoms with Gasteiger partial charge in [0, 0.05) is 44.9 Å². The lowest BCUT2D eigenvalue weighted by Gasteiger charge is -2.45. The van der Waals surface area contributed by atoms with Crippen molar-refractivity contribution >= 4 is 79.0 Å². The Morgan fingerprint density at radius 1 is 0.371 bits per heavy atom. The molecule has 0 aliphatic carbocycles. The monoisotopic (exact) mass is 809 g/mol. The zero-order valence-electron chi connectivity index (χ0n) is 38.8. The predicted octanol–water partition coefficient (Wildman–Crippen LogP) is 14.1. The first-order chi connectivity index (χ1) is 29.3. The van der Waals surface area contributed by atoms with Gasteiger partial charge in [-0.3, -0.25) is 0 Å². The third kappa shape index (κ3) is 6.32. The van der Waals surface area contributed by atoms with Crippen LogP contribution in [0.1, 0.15) is 105 Å². The van der Waals surface area contributed by atoms with Crippen molar-refractivity contribution in [2.45, 2.75) is 105 Å². The van der Waals surface area contributed by atoms with E-state index in [0.29, 0.717) is 0 Å². The molecule has 0 saturated heterocycles. The van der Waals surface area contributed by atoms with Crippen LogP contribution < -0.4 is 26.2 Å². The fraction of sp³-hybridized carbons (Fsp3) is 0.276. The van der Waals surface area contributed by atoms with Gasteiger partial charge in [-0.15, -0.1) is 0 Å². The standard InChI is InChI=1S/C58H60BN3/c1-55(2,3)37-22-28-42(29-23-37)61-48-32-26-39(57(7,8)9)34-45(48)59-46-35-40(58(10,11)12)27-33-49(46)62(43-30-24-38(25-31-43)56(4,5)6)54-52-44-20-16-17-21-47(44)60(41-18-14-13-15-19-41)50(52)36-51(61)53(54)59/h13-36H,1-12H3. The van der Waals surface area contributed by atoms with Crippen LogP contribution in [0.15, 0.2) is 146 Å². The Hall–Kier alpha value is -6.00. The Bertz CT molecular complexity index is 3010. The molecule has 0 unspecified atom stereocenters. The number of anilines is 6. The third-order valence-electron chi connectivity index (χ3n) is 13.6. The minimum absolute atomic E-state index is 0.00645. The summed E-state index contributed by atoms with van der Waals surface area (Å²) in [5.41, 5.74) is 20.3. The van der Waals surface area contributed by atoms with Gasteiger partial charge in [0.1, 0.15) is 0 Å². The molecular weight excluding hydrogens is 749 g/mol. The van der Waals surface area contributed by atoms with Crippen molar-refractivity contribution in [3.05, 3.63) is 168 Å². The zero-order valence-corrected chi connectivity index (χ0v) is 38.8. The molecule has 3 heterocycles. The van der Waals surface area contributed by atoms with Crippen molar-refractivity contribution < 1.29 is 0 Å². The van der Waals surface area contributed by atoms with E-state index < -0.39 is 0 Å². The molecule has 0 fully saturated rings. The predicted molar refractivity (Wildman–Crippen MR) is 270 cm³/mol. The Kier molecular flexibility index (Phi) is 8.89. The first-order valence-electron chi connectivity index (χ1n) is 22.6. The molecule has 0 saturated carbocycles. The second-order valence-corrected chi connectivity index (χ2v) is 22.0. The van der Waals surface area contributed by atoms with E-state index in [1.54, 1.807) is 0 Å². The van der Waals surface area contributed by atoms with E-state index in [1.165, 1.54) is 94.6 Å². The lowest BCUT2D eigenvalue weighted by atomic mass is 9.33. The molecule has 10 rings (SSSR count). The van der Waals surface area contributed by atoms with Gasteiger partial charge in [0.15, 0.2) is 0 Å². The Balaban J connectivity index is 1.41. The summed E-state index contributed by atoms with van der Waals surface area (Å²) in [5, 5.41) is 2.53. The van der Waals surface area contributed by atoms with E-state index in [-0.39, 0.29) is 28.4 Å². The van der Waals surface area contributed by atoms with Gasteiger partial charge in [-0.25, -0.2) is 0 Å². The smallest absolute Gasteiger partial charge is 0.252 e. The largest absolute Gasteiger partial charge is 0.311 e. The molecule has 3 nitrogen and oxygen atoms in total. The summed E-state index contributed by atoms with van der Waals surface area (Å²) in [6, 6.07) is 56.0. The average molecular weight is 810 g/mol. The number of hydrogen-bond acceptors (Lipinski definition) is 2. The van der Waals surface area contributed by atoms with Gasteiger partial charge >= 0.3 is 0 Å². The molecule has 2 aliphatic rings. The van der Waals surface area contributed by atoms with Crippen molar-refractivity contribution in [1.29, 1.82) is 0 Å². The Labute approximate surface area is 370 Å². The normalized spacial score (nSPS) is 14.0. The van der Waals surface area contributed by atoms with Crippen LogP contribution in [0, 0.1) is 0 Å². The quantitative estimate of drug-likeness (QED) is 0.165. The molecule has 0 radical (unpaired) electrons. The van der Waals surface area contributed by atoms with Crippen molar-refractivity contribution in [2.24, 2.45) is 0 Å². The molecule has 0 N–H and O–H groups in total. The highest BCUT2D eigenvalue weighted by molar-refractivity contribution is 7.00. The number of benzene rings is 7. The maximum Gasteiger partial charge on any atom is 0.252 e. The van der Waals surface area contributed by atoms with Crippen LogP contribution in [0.5, 0.6) is 0 Å². The highest BCUT2D eigenvalue weighted by Gasteiger charge is 2.46. The van der Waals surface area contributed by atoms with Gasteiger partial charge in [0.25, 0.3) is 6.71 Å². The molecule has 1 aromatic heterocycles. The fourth-order valence-electron chi connectivity index (χ4n) is 10.1. The van der Waals surface area contributed by atoms with Crippen molar-refractivity contribution in [3.8, 4) is 5.69 Å². The summed E-state index contributed by atoms with van der Waals surface area (Å²) >= 11 is 0. The van der Waals surface area contributed by atoms with E-state index in [9.17, 15) is 0 Å².